The molecule has 3 aromatic rings. The fourth-order valence-electron chi connectivity index (χ4n) is 6.88. The van der Waals surface area contributed by atoms with Crippen LogP contribution in [0.3, 0.4) is 0 Å². The molecule has 2 aromatic carbocycles. The Bertz CT molecular complexity index is 1610. The number of hydrogen-bond donors (Lipinski definition) is 4. The normalized spacial score (nSPS) is 22.5. The van der Waals surface area contributed by atoms with E-state index in [0.717, 1.165) is 11.1 Å². The molecular weight excluding hydrogens is 656 g/mol. The number of carbonyl (C=O) groups is 5. The molecule has 11 nitrogen and oxygen atoms in total. The molecule has 5 atom stereocenters. The van der Waals surface area contributed by atoms with Gasteiger partial charge in [0.25, 0.3) is 0 Å². The van der Waals surface area contributed by atoms with Crippen molar-refractivity contribution in [3.63, 3.8) is 0 Å². The Morgan fingerprint density at radius 2 is 1.10 bits per heavy atom. The summed E-state index contributed by atoms with van der Waals surface area (Å²) in [7, 11) is 1.55. The lowest BCUT2D eigenvalue weighted by Gasteiger charge is -2.35. The summed E-state index contributed by atoms with van der Waals surface area (Å²) in [5.41, 5.74) is 2.09. The average molecular weight is 711 g/mol. The summed E-state index contributed by atoms with van der Waals surface area (Å²) < 4.78 is 0. The third-order valence-corrected chi connectivity index (χ3v) is 9.33. The van der Waals surface area contributed by atoms with Gasteiger partial charge in [0, 0.05) is 31.3 Å². The van der Waals surface area contributed by atoms with Crippen molar-refractivity contribution in [2.24, 2.45) is 17.8 Å². The summed E-state index contributed by atoms with van der Waals surface area (Å²) in [6.45, 7) is 11.5. The van der Waals surface area contributed by atoms with Crippen LogP contribution in [0.5, 0.6) is 0 Å². The second-order valence-corrected chi connectivity index (χ2v) is 14.9. The Morgan fingerprint density at radius 3 is 1.62 bits per heavy atom. The van der Waals surface area contributed by atoms with Gasteiger partial charge in [0.2, 0.25) is 29.5 Å². The van der Waals surface area contributed by atoms with Crippen LogP contribution in [0.1, 0.15) is 77.1 Å². The number of benzene rings is 2. The number of pyridine rings is 1. The highest BCUT2D eigenvalue weighted by molar-refractivity contribution is 5.98. The molecule has 0 bridgehead atoms. The van der Waals surface area contributed by atoms with Gasteiger partial charge in [-0.05, 0) is 53.9 Å². The van der Waals surface area contributed by atoms with Crippen LogP contribution in [0.15, 0.2) is 85.1 Å². The Hall–Kier alpha value is -5.06. The Kier molecular flexibility index (Phi) is 14.1. The molecule has 278 valence electrons. The highest BCUT2D eigenvalue weighted by Crippen LogP contribution is 2.29. The first-order valence-corrected chi connectivity index (χ1v) is 18.2. The third-order valence-electron chi connectivity index (χ3n) is 9.33. The van der Waals surface area contributed by atoms with E-state index in [0.29, 0.717) is 12.1 Å². The molecule has 1 saturated heterocycles. The van der Waals surface area contributed by atoms with Crippen molar-refractivity contribution in [3.05, 3.63) is 102 Å². The largest absolute Gasteiger partial charge is 0.342 e. The SMILES string of the molecule is CC(C)C[C@@H]1NC(=O)[C@H](C(C)C)N(C)C(=O)[C@@H](CC(C)C)NC(=O)[C@@H](Cc2ccccn2)NC(=O)[C@@H](C(c2ccccc2)c2ccccc2)NC1=O. The van der Waals surface area contributed by atoms with Crippen molar-refractivity contribution in [1.29, 1.82) is 0 Å². The van der Waals surface area contributed by atoms with Crippen LogP contribution in [-0.2, 0) is 30.4 Å². The first kappa shape index (κ1) is 39.7. The lowest BCUT2D eigenvalue weighted by atomic mass is 9.84. The second-order valence-electron chi connectivity index (χ2n) is 14.9. The molecule has 5 amide bonds. The number of amides is 5. The van der Waals surface area contributed by atoms with Gasteiger partial charge in [-0.2, -0.15) is 0 Å². The summed E-state index contributed by atoms with van der Waals surface area (Å²) in [6.07, 6.45) is 2.22. The lowest BCUT2D eigenvalue weighted by molar-refractivity contribution is -0.144. The zero-order chi connectivity index (χ0) is 37.9. The van der Waals surface area contributed by atoms with Crippen LogP contribution >= 0.6 is 0 Å². The van der Waals surface area contributed by atoms with Gasteiger partial charge in [0.05, 0.1) is 0 Å². The predicted molar refractivity (Wildman–Crippen MR) is 201 cm³/mol. The molecule has 0 spiro atoms. The predicted octanol–water partition coefficient (Wildman–Crippen LogP) is 3.98. The van der Waals surface area contributed by atoms with E-state index in [-0.39, 0.29) is 30.6 Å². The highest BCUT2D eigenvalue weighted by Gasteiger charge is 2.40. The van der Waals surface area contributed by atoms with Gasteiger partial charge < -0.3 is 26.2 Å². The minimum absolute atomic E-state index is 0.00121. The topological polar surface area (TPSA) is 150 Å². The monoisotopic (exact) mass is 710 g/mol. The summed E-state index contributed by atoms with van der Waals surface area (Å²) in [5, 5.41) is 11.8. The average Bonchev–Trinajstić information content (AvgIpc) is 3.10. The quantitative estimate of drug-likeness (QED) is 0.250. The van der Waals surface area contributed by atoms with Gasteiger partial charge in [0.15, 0.2) is 0 Å². The lowest BCUT2D eigenvalue weighted by Crippen LogP contribution is -2.59. The number of hydrogen-bond acceptors (Lipinski definition) is 6. The van der Waals surface area contributed by atoms with Crippen LogP contribution in [0.4, 0.5) is 0 Å². The molecule has 0 radical (unpaired) electrons. The molecule has 2 heterocycles. The number of aromatic nitrogens is 1. The van der Waals surface area contributed by atoms with Crippen molar-refractivity contribution in [2.45, 2.75) is 96.9 Å². The van der Waals surface area contributed by atoms with E-state index in [1.54, 1.807) is 31.4 Å². The highest BCUT2D eigenvalue weighted by atomic mass is 16.2. The molecule has 1 fully saturated rings. The Labute approximate surface area is 307 Å². The molecule has 0 aliphatic carbocycles. The summed E-state index contributed by atoms with van der Waals surface area (Å²) in [6, 6.07) is 18.8. The first-order chi connectivity index (χ1) is 24.8. The smallest absolute Gasteiger partial charge is 0.245 e. The Balaban J connectivity index is 1.91. The molecular formula is C41H54N6O5. The minimum Gasteiger partial charge on any atom is -0.342 e. The van der Waals surface area contributed by atoms with E-state index in [9.17, 15) is 24.0 Å². The summed E-state index contributed by atoms with van der Waals surface area (Å²) >= 11 is 0. The van der Waals surface area contributed by atoms with Crippen molar-refractivity contribution in [3.8, 4) is 0 Å². The minimum atomic E-state index is -1.20. The van der Waals surface area contributed by atoms with E-state index >= 15 is 0 Å². The van der Waals surface area contributed by atoms with Gasteiger partial charge in [-0.25, -0.2) is 0 Å². The maximum atomic E-state index is 14.8. The molecule has 1 aliphatic rings. The van der Waals surface area contributed by atoms with Gasteiger partial charge in [-0.1, -0.05) is 108 Å². The zero-order valence-corrected chi connectivity index (χ0v) is 31.3. The van der Waals surface area contributed by atoms with Crippen LogP contribution in [-0.4, -0.2) is 76.7 Å². The molecule has 11 heteroatoms. The van der Waals surface area contributed by atoms with E-state index in [1.165, 1.54) is 4.90 Å². The van der Waals surface area contributed by atoms with E-state index < -0.39 is 65.7 Å². The van der Waals surface area contributed by atoms with Gasteiger partial charge in [-0.3, -0.25) is 29.0 Å². The molecule has 1 aliphatic heterocycles. The molecule has 52 heavy (non-hydrogen) atoms. The number of carbonyl (C=O) groups excluding carboxylic acids is 5. The van der Waals surface area contributed by atoms with Crippen molar-refractivity contribution < 1.29 is 24.0 Å². The van der Waals surface area contributed by atoms with Crippen LogP contribution in [0, 0.1) is 17.8 Å². The van der Waals surface area contributed by atoms with E-state index in [1.807, 2.05) is 102 Å². The second kappa shape index (κ2) is 18.4. The molecule has 0 unspecified atom stereocenters. The summed E-state index contributed by atoms with van der Waals surface area (Å²) in [5.74, 6) is -3.63. The standard InChI is InChI=1S/C41H54N6O5/c1-25(2)22-31-38(49)46-35(34(28-16-10-8-11-17-28)29-18-12-9-13-19-29)39(50)43-32(24-30-20-14-15-21-42-30)37(48)45-33(23-26(3)4)41(52)47(7)36(27(5)6)40(51)44-31/h8-21,25-27,31-36H,22-24H2,1-7H3,(H,43,50)(H,44,51)(H,45,48)(H,46,49)/t31-,32+,33+,35+,36-/m0/s1. The van der Waals surface area contributed by atoms with E-state index in [2.05, 4.69) is 26.3 Å². The van der Waals surface area contributed by atoms with Gasteiger partial charge in [-0.15, -0.1) is 0 Å². The fraction of sp³-hybridized carbons (Fsp3) is 0.463. The maximum absolute atomic E-state index is 14.8. The van der Waals surface area contributed by atoms with Gasteiger partial charge >= 0.3 is 0 Å². The molecule has 1 aromatic heterocycles. The van der Waals surface area contributed by atoms with Crippen LogP contribution in [0.2, 0.25) is 0 Å². The third kappa shape index (κ3) is 10.5. The molecule has 0 saturated carbocycles. The van der Waals surface area contributed by atoms with Crippen molar-refractivity contribution in [1.82, 2.24) is 31.2 Å². The number of rotatable bonds is 10. The van der Waals surface area contributed by atoms with Gasteiger partial charge in [0.1, 0.15) is 30.2 Å². The van der Waals surface area contributed by atoms with Crippen LogP contribution in [0.25, 0.3) is 0 Å². The van der Waals surface area contributed by atoms with Crippen LogP contribution < -0.4 is 21.3 Å². The maximum Gasteiger partial charge on any atom is 0.245 e. The van der Waals surface area contributed by atoms with Crippen molar-refractivity contribution >= 4 is 29.5 Å². The summed E-state index contributed by atoms with van der Waals surface area (Å²) in [4.78, 5) is 77.5. The van der Waals surface area contributed by atoms with Crippen molar-refractivity contribution in [2.75, 3.05) is 7.05 Å². The Morgan fingerprint density at radius 1 is 0.596 bits per heavy atom. The first-order valence-electron chi connectivity index (χ1n) is 18.2. The van der Waals surface area contributed by atoms with E-state index in [4.69, 9.17) is 0 Å². The fourth-order valence-corrected chi connectivity index (χ4v) is 6.88. The number of nitrogens with one attached hydrogen (secondary N) is 4. The number of likely N-dealkylation sites (N-methyl/N-ethyl adjacent to an activating group) is 1. The molecule has 4 N–H and O–H groups in total. The molecule has 4 rings (SSSR count). The number of nitrogens with zero attached hydrogens (tertiary/aromatic N) is 2. The zero-order valence-electron chi connectivity index (χ0n) is 31.3.